The third-order valence-electron chi connectivity index (χ3n) is 1.96. The third-order valence-corrected chi connectivity index (χ3v) is 1.96. The van der Waals surface area contributed by atoms with Gasteiger partial charge in [0, 0.05) is 7.77 Å². The Kier molecular flexibility index (Phi) is 3.55. The first kappa shape index (κ1) is 9.21. The molecule has 1 aromatic rings. The molecule has 76 valence electrons. The highest BCUT2D eigenvalue weighted by atomic mass is 16.3. The van der Waals surface area contributed by atoms with Crippen LogP contribution >= 0.6 is 0 Å². The number of nitrogens with one attached hydrogen (secondary N) is 1. The Labute approximate surface area is 85.2 Å². The van der Waals surface area contributed by atoms with Gasteiger partial charge < -0.3 is 10.4 Å². The molecular weight excluding hydrogens is 178 g/mol. The fourth-order valence-electron chi connectivity index (χ4n) is 1.17. The number of rotatable bonds is 4. The summed E-state index contributed by atoms with van der Waals surface area (Å²) in [5.74, 6) is -0.377. The minimum atomic E-state index is -0.817. The molecule has 1 aromatic carbocycles. The zero-order valence-electron chi connectivity index (χ0n) is 9.10. The molecule has 2 atom stereocenters. The highest BCUT2D eigenvalue weighted by Gasteiger charge is 2.11. The number of aliphatic hydroxyl groups is 1. The molecule has 0 bridgehead atoms. The number of amides is 1. The minimum Gasteiger partial charge on any atom is -0.394 e. The van der Waals surface area contributed by atoms with Crippen LogP contribution in [0.3, 0.4) is 0 Å². The number of aliphatic hydroxyl groups excluding tert-OH is 1. The van der Waals surface area contributed by atoms with Gasteiger partial charge in [0.25, 0.3) is 0 Å². The van der Waals surface area contributed by atoms with Gasteiger partial charge in [-0.3, -0.25) is 4.79 Å². The highest BCUT2D eigenvalue weighted by molar-refractivity contribution is 5.76. The van der Waals surface area contributed by atoms with Crippen molar-refractivity contribution >= 4 is 5.91 Å². The SMILES string of the molecule is [3H]C(C)C(=O)NC(CO)c1ccccc1. The molecule has 0 aromatic heterocycles. The number of benzene rings is 1. The average molecular weight is 195 g/mol. The van der Waals surface area contributed by atoms with E-state index in [0.29, 0.717) is 0 Å². The number of hydrogen-bond acceptors (Lipinski definition) is 2. The van der Waals surface area contributed by atoms with Crippen molar-refractivity contribution < 1.29 is 11.3 Å². The predicted molar refractivity (Wildman–Crippen MR) is 54.7 cm³/mol. The van der Waals surface area contributed by atoms with Crippen LogP contribution in [0.4, 0.5) is 0 Å². The summed E-state index contributed by atoms with van der Waals surface area (Å²) in [4.78, 5) is 11.3. The van der Waals surface area contributed by atoms with Crippen LogP contribution in [-0.4, -0.2) is 17.6 Å². The second-order valence-corrected chi connectivity index (χ2v) is 2.94. The molecule has 0 radical (unpaired) electrons. The maximum Gasteiger partial charge on any atom is 0.220 e. The summed E-state index contributed by atoms with van der Waals surface area (Å²) < 4.78 is 7.22. The van der Waals surface area contributed by atoms with Crippen molar-refractivity contribution in [3.8, 4) is 0 Å². The Morgan fingerprint density at radius 3 is 2.71 bits per heavy atom. The molecule has 2 unspecified atom stereocenters. The van der Waals surface area contributed by atoms with Gasteiger partial charge in [0.05, 0.1) is 12.6 Å². The zero-order valence-corrected chi connectivity index (χ0v) is 8.10. The van der Waals surface area contributed by atoms with Crippen molar-refractivity contribution in [2.45, 2.75) is 19.4 Å². The van der Waals surface area contributed by atoms with E-state index in [9.17, 15) is 4.79 Å². The van der Waals surface area contributed by atoms with Gasteiger partial charge in [-0.1, -0.05) is 37.3 Å². The van der Waals surface area contributed by atoms with Crippen LogP contribution in [0.25, 0.3) is 0 Å². The van der Waals surface area contributed by atoms with Gasteiger partial charge >= 0.3 is 0 Å². The summed E-state index contributed by atoms with van der Waals surface area (Å²) in [5.41, 5.74) is 0.842. The lowest BCUT2D eigenvalue weighted by atomic mass is 10.1. The fraction of sp³-hybridized carbons (Fsp3) is 0.364. The van der Waals surface area contributed by atoms with E-state index in [2.05, 4.69) is 5.32 Å². The summed E-state index contributed by atoms with van der Waals surface area (Å²) in [6.45, 7) is 1.33. The lowest BCUT2D eigenvalue weighted by Crippen LogP contribution is -2.29. The molecule has 2 N–H and O–H groups in total. The van der Waals surface area contributed by atoms with Crippen molar-refractivity contribution in [2.75, 3.05) is 6.61 Å². The first-order valence-corrected chi connectivity index (χ1v) is 4.53. The molecule has 0 fully saturated rings. The topological polar surface area (TPSA) is 49.3 Å². The Balaban J connectivity index is 2.69. The second kappa shape index (κ2) is 5.40. The van der Waals surface area contributed by atoms with E-state index < -0.39 is 12.4 Å². The lowest BCUT2D eigenvalue weighted by Gasteiger charge is -2.15. The summed E-state index contributed by atoms with van der Waals surface area (Å²) in [6.07, 6.45) is -0.817. The van der Waals surface area contributed by atoms with E-state index >= 15 is 0 Å². The van der Waals surface area contributed by atoms with Crippen molar-refractivity contribution in [3.05, 3.63) is 35.9 Å². The van der Waals surface area contributed by atoms with E-state index in [0.717, 1.165) is 5.56 Å². The Morgan fingerprint density at radius 2 is 2.21 bits per heavy atom. The Hall–Kier alpha value is -1.35. The number of hydrogen-bond donors (Lipinski definition) is 2. The molecule has 3 heteroatoms. The molecular formula is C11H15NO2. The fourth-order valence-corrected chi connectivity index (χ4v) is 1.17. The van der Waals surface area contributed by atoms with Crippen LogP contribution in [0.2, 0.25) is 0 Å². The van der Waals surface area contributed by atoms with E-state index in [4.69, 9.17) is 6.48 Å². The van der Waals surface area contributed by atoms with Crippen molar-refractivity contribution in [1.82, 2.24) is 5.32 Å². The molecule has 0 spiro atoms. The van der Waals surface area contributed by atoms with Crippen LogP contribution in [-0.2, 0) is 4.79 Å². The monoisotopic (exact) mass is 195 g/mol. The normalized spacial score (nSPS) is 15.4. The minimum absolute atomic E-state index is 0.164. The van der Waals surface area contributed by atoms with Crippen LogP contribution in [0.1, 0.15) is 26.3 Å². The van der Waals surface area contributed by atoms with Gasteiger partial charge in [-0.25, -0.2) is 0 Å². The quantitative estimate of drug-likeness (QED) is 0.759. The van der Waals surface area contributed by atoms with Gasteiger partial charge in [-0.2, -0.15) is 0 Å². The summed E-state index contributed by atoms with van der Waals surface area (Å²) in [6, 6.07) is 8.78. The number of carbonyl (C=O) groups is 1. The average Bonchev–Trinajstić information content (AvgIpc) is 2.26. The largest absolute Gasteiger partial charge is 0.394 e. The van der Waals surface area contributed by atoms with Gasteiger partial charge in [0.1, 0.15) is 0 Å². The van der Waals surface area contributed by atoms with E-state index in [1.807, 2.05) is 30.3 Å². The third kappa shape index (κ3) is 2.85. The standard InChI is InChI=1S/C11H15NO2/c1-2-11(14)12-10(8-13)9-6-4-3-5-7-9/h3-7,10,13H,2,8H2,1H3,(H,12,14)/i2T. The van der Waals surface area contributed by atoms with Gasteiger partial charge in [-0.15, -0.1) is 0 Å². The van der Waals surface area contributed by atoms with Crippen LogP contribution < -0.4 is 5.32 Å². The molecule has 0 saturated heterocycles. The summed E-state index contributed by atoms with van der Waals surface area (Å²) in [5, 5.41) is 11.7. The van der Waals surface area contributed by atoms with Crippen LogP contribution in [0, 0.1) is 0 Å². The maximum absolute atomic E-state index is 11.3. The molecule has 14 heavy (non-hydrogen) atoms. The van der Waals surface area contributed by atoms with E-state index in [1.54, 1.807) is 0 Å². The summed E-state index contributed by atoms with van der Waals surface area (Å²) >= 11 is 0. The first-order chi connectivity index (χ1) is 7.15. The Morgan fingerprint density at radius 1 is 1.57 bits per heavy atom. The highest BCUT2D eigenvalue weighted by Crippen LogP contribution is 2.11. The van der Waals surface area contributed by atoms with Gasteiger partial charge in [0.2, 0.25) is 5.91 Å². The summed E-state index contributed by atoms with van der Waals surface area (Å²) in [7, 11) is 0. The van der Waals surface area contributed by atoms with E-state index in [-0.39, 0.29) is 12.5 Å². The first-order valence-electron chi connectivity index (χ1n) is 5.11. The van der Waals surface area contributed by atoms with Gasteiger partial charge in [-0.05, 0) is 5.56 Å². The van der Waals surface area contributed by atoms with Crippen molar-refractivity contribution in [3.63, 3.8) is 0 Å². The smallest absolute Gasteiger partial charge is 0.220 e. The van der Waals surface area contributed by atoms with Crippen LogP contribution in [0.5, 0.6) is 0 Å². The van der Waals surface area contributed by atoms with Gasteiger partial charge in [0.15, 0.2) is 0 Å². The van der Waals surface area contributed by atoms with Crippen molar-refractivity contribution in [2.24, 2.45) is 0 Å². The molecule has 1 rings (SSSR count). The molecule has 0 aliphatic heterocycles. The van der Waals surface area contributed by atoms with Crippen molar-refractivity contribution in [1.29, 1.82) is 0 Å². The second-order valence-electron chi connectivity index (χ2n) is 2.94. The van der Waals surface area contributed by atoms with Crippen LogP contribution in [0.15, 0.2) is 30.3 Å². The molecule has 0 aliphatic rings. The molecule has 1 amide bonds. The molecule has 0 aliphatic carbocycles. The van der Waals surface area contributed by atoms with E-state index in [1.165, 1.54) is 6.92 Å². The molecule has 3 nitrogen and oxygen atoms in total. The molecule has 0 saturated carbocycles. The Bertz CT molecular complexity index is 314. The number of carbonyl (C=O) groups excluding carboxylic acids is 1. The lowest BCUT2D eigenvalue weighted by molar-refractivity contribution is -0.121. The zero-order chi connectivity index (χ0) is 11.3. The molecule has 0 heterocycles. The maximum atomic E-state index is 11.3. The predicted octanol–water partition coefficient (Wildman–Crippen LogP) is 1.25.